The van der Waals surface area contributed by atoms with Gasteiger partial charge in [0, 0.05) is 5.56 Å². The fourth-order valence-electron chi connectivity index (χ4n) is 2.59. The SMILES string of the molecule is COC(=O)C1(Cl)OC12CCS(=O)(=O)c1ccccc12. The lowest BCUT2D eigenvalue weighted by Gasteiger charge is -2.23. The largest absolute Gasteiger partial charge is 0.466 e. The summed E-state index contributed by atoms with van der Waals surface area (Å²) >= 11 is 6.16. The Kier molecular flexibility index (Phi) is 2.52. The van der Waals surface area contributed by atoms with Gasteiger partial charge < -0.3 is 9.47 Å². The number of benzene rings is 1. The molecule has 0 amide bonds. The topological polar surface area (TPSA) is 73.0 Å². The lowest BCUT2D eigenvalue weighted by atomic mass is 9.91. The standard InChI is InChI=1S/C12H11ClO5S/c1-17-10(14)12(13)11(18-12)6-7-19(15,16)9-5-3-2-4-8(9)11/h2-5H,6-7H2,1H3. The monoisotopic (exact) mass is 302 g/mol. The van der Waals surface area contributed by atoms with E-state index < -0.39 is 26.5 Å². The van der Waals surface area contributed by atoms with Gasteiger partial charge in [0.2, 0.25) is 0 Å². The van der Waals surface area contributed by atoms with E-state index in [0.717, 1.165) is 0 Å². The van der Waals surface area contributed by atoms with Gasteiger partial charge in [0.25, 0.3) is 5.06 Å². The minimum Gasteiger partial charge on any atom is -0.466 e. The smallest absolute Gasteiger partial charge is 0.357 e. The minimum atomic E-state index is -3.35. The molecule has 1 spiro atoms. The molecular formula is C12H11ClO5S. The fourth-order valence-corrected chi connectivity index (χ4v) is 4.62. The Balaban J connectivity index is 2.17. The molecule has 2 aliphatic rings. The second kappa shape index (κ2) is 3.71. The first-order valence-corrected chi connectivity index (χ1v) is 7.70. The maximum absolute atomic E-state index is 12.0. The third kappa shape index (κ3) is 1.50. The van der Waals surface area contributed by atoms with Crippen LogP contribution in [-0.2, 0) is 29.7 Å². The zero-order chi connectivity index (χ0) is 13.9. The third-order valence-corrected chi connectivity index (χ3v) is 5.93. The maximum Gasteiger partial charge on any atom is 0.357 e. The summed E-state index contributed by atoms with van der Waals surface area (Å²) in [7, 11) is -2.13. The van der Waals surface area contributed by atoms with Crippen molar-refractivity contribution in [1.82, 2.24) is 0 Å². The number of alkyl halides is 1. The molecule has 0 aliphatic carbocycles. The number of halogens is 1. The van der Waals surface area contributed by atoms with Crippen LogP contribution in [0.4, 0.5) is 0 Å². The van der Waals surface area contributed by atoms with Crippen LogP contribution < -0.4 is 0 Å². The molecule has 0 N–H and O–H groups in total. The van der Waals surface area contributed by atoms with Crippen LogP contribution in [0.5, 0.6) is 0 Å². The summed E-state index contributed by atoms with van der Waals surface area (Å²) in [5.41, 5.74) is -0.662. The van der Waals surface area contributed by atoms with E-state index in [1.807, 2.05) is 0 Å². The van der Waals surface area contributed by atoms with Gasteiger partial charge in [-0.3, -0.25) is 0 Å². The van der Waals surface area contributed by atoms with Crippen molar-refractivity contribution in [2.75, 3.05) is 12.9 Å². The van der Waals surface area contributed by atoms with Crippen molar-refractivity contribution in [3.8, 4) is 0 Å². The van der Waals surface area contributed by atoms with Crippen molar-refractivity contribution in [1.29, 1.82) is 0 Å². The summed E-state index contributed by atoms with van der Waals surface area (Å²) in [6, 6.07) is 6.45. The predicted molar refractivity (Wildman–Crippen MR) is 66.5 cm³/mol. The second-order valence-corrected chi connectivity index (χ2v) is 7.19. The molecule has 2 aliphatic heterocycles. The van der Waals surface area contributed by atoms with Gasteiger partial charge in [-0.2, -0.15) is 0 Å². The van der Waals surface area contributed by atoms with Gasteiger partial charge in [-0.1, -0.05) is 29.8 Å². The van der Waals surface area contributed by atoms with E-state index in [1.54, 1.807) is 18.2 Å². The molecule has 0 bridgehead atoms. The third-order valence-electron chi connectivity index (χ3n) is 3.62. The Morgan fingerprint density at radius 1 is 1.42 bits per heavy atom. The molecule has 1 aromatic rings. The summed E-state index contributed by atoms with van der Waals surface area (Å²) in [5, 5.41) is -1.62. The Hall–Kier alpha value is -1.11. The van der Waals surface area contributed by atoms with Crippen LogP contribution in [0.1, 0.15) is 12.0 Å². The quantitative estimate of drug-likeness (QED) is 0.443. The van der Waals surface area contributed by atoms with E-state index in [-0.39, 0.29) is 17.1 Å². The zero-order valence-electron chi connectivity index (χ0n) is 10.1. The van der Waals surface area contributed by atoms with Crippen LogP contribution in [0.15, 0.2) is 29.2 Å². The number of ether oxygens (including phenoxy) is 2. The van der Waals surface area contributed by atoms with Gasteiger partial charge in [0.05, 0.1) is 17.8 Å². The molecule has 0 aromatic heterocycles. The molecule has 0 radical (unpaired) electrons. The minimum absolute atomic E-state index is 0.102. The van der Waals surface area contributed by atoms with Crippen molar-refractivity contribution < 1.29 is 22.7 Å². The molecule has 5 nitrogen and oxygen atoms in total. The Morgan fingerprint density at radius 2 is 2.11 bits per heavy atom. The van der Waals surface area contributed by atoms with Crippen LogP contribution >= 0.6 is 11.6 Å². The van der Waals surface area contributed by atoms with Crippen molar-refractivity contribution >= 4 is 27.4 Å². The number of epoxide rings is 1. The van der Waals surface area contributed by atoms with Gasteiger partial charge in [-0.05, 0) is 12.5 Å². The molecule has 3 rings (SSSR count). The van der Waals surface area contributed by atoms with E-state index in [1.165, 1.54) is 13.2 Å². The number of methoxy groups -OCH3 is 1. The molecule has 1 saturated heterocycles. The maximum atomic E-state index is 12.0. The van der Waals surface area contributed by atoms with Gasteiger partial charge in [-0.25, -0.2) is 13.2 Å². The number of carbonyl (C=O) groups is 1. The molecular weight excluding hydrogens is 292 g/mol. The van der Waals surface area contributed by atoms with Crippen LogP contribution in [0, 0.1) is 0 Å². The highest BCUT2D eigenvalue weighted by Crippen LogP contribution is 2.64. The summed E-state index contributed by atoms with van der Waals surface area (Å²) in [6.45, 7) is 0. The second-order valence-electron chi connectivity index (χ2n) is 4.58. The normalized spacial score (nSPS) is 34.6. The molecule has 2 unspecified atom stereocenters. The first kappa shape index (κ1) is 12.9. The van der Waals surface area contributed by atoms with Crippen molar-refractivity contribution in [3.05, 3.63) is 29.8 Å². The van der Waals surface area contributed by atoms with Crippen LogP contribution in [-0.4, -0.2) is 32.3 Å². The molecule has 2 heterocycles. The molecule has 2 atom stereocenters. The number of carbonyl (C=O) groups excluding carboxylic acids is 1. The Morgan fingerprint density at radius 3 is 2.79 bits per heavy atom. The molecule has 19 heavy (non-hydrogen) atoms. The highest BCUT2D eigenvalue weighted by Gasteiger charge is 2.77. The van der Waals surface area contributed by atoms with Crippen molar-refractivity contribution in [2.45, 2.75) is 22.0 Å². The van der Waals surface area contributed by atoms with Crippen LogP contribution in [0.2, 0.25) is 0 Å². The Bertz CT molecular complexity index is 670. The van der Waals surface area contributed by atoms with E-state index in [2.05, 4.69) is 4.74 Å². The molecule has 0 saturated carbocycles. The number of fused-ring (bicyclic) bond motifs is 2. The van der Waals surface area contributed by atoms with Gasteiger partial charge in [-0.15, -0.1) is 0 Å². The summed E-state index contributed by atoms with van der Waals surface area (Å²) in [4.78, 5) is 11.9. The van der Waals surface area contributed by atoms with Crippen molar-refractivity contribution in [3.63, 3.8) is 0 Å². The number of hydrogen-bond acceptors (Lipinski definition) is 5. The van der Waals surface area contributed by atoms with Crippen molar-refractivity contribution in [2.24, 2.45) is 0 Å². The first-order valence-electron chi connectivity index (χ1n) is 5.67. The fraction of sp³-hybridized carbons (Fsp3) is 0.417. The molecule has 7 heteroatoms. The highest BCUT2D eigenvalue weighted by molar-refractivity contribution is 7.91. The molecule has 1 fully saturated rings. The number of rotatable bonds is 1. The Labute approximate surface area is 115 Å². The molecule has 102 valence electrons. The number of sulfone groups is 1. The molecule has 1 aromatic carbocycles. The summed E-state index contributed by atoms with van der Waals surface area (Å²) in [6.07, 6.45) is 0.144. The average molecular weight is 303 g/mol. The summed E-state index contributed by atoms with van der Waals surface area (Å²) in [5.74, 6) is -0.807. The number of esters is 1. The van der Waals surface area contributed by atoms with E-state index in [4.69, 9.17) is 16.3 Å². The summed E-state index contributed by atoms with van der Waals surface area (Å²) < 4.78 is 34.1. The van der Waals surface area contributed by atoms with Gasteiger partial charge >= 0.3 is 5.97 Å². The highest BCUT2D eigenvalue weighted by atomic mass is 35.5. The van der Waals surface area contributed by atoms with Crippen LogP contribution in [0.3, 0.4) is 0 Å². The predicted octanol–water partition coefficient (Wildman–Crippen LogP) is 1.20. The van der Waals surface area contributed by atoms with E-state index in [9.17, 15) is 13.2 Å². The first-order chi connectivity index (χ1) is 8.87. The van der Waals surface area contributed by atoms with Gasteiger partial charge in [0.15, 0.2) is 15.4 Å². The van der Waals surface area contributed by atoms with E-state index >= 15 is 0 Å². The lowest BCUT2D eigenvalue weighted by Crippen LogP contribution is -2.34. The van der Waals surface area contributed by atoms with Gasteiger partial charge in [0.1, 0.15) is 0 Å². The lowest BCUT2D eigenvalue weighted by molar-refractivity contribution is -0.143. The average Bonchev–Trinajstić information content (AvgIpc) is 3.02. The van der Waals surface area contributed by atoms with E-state index in [0.29, 0.717) is 5.56 Å². The van der Waals surface area contributed by atoms with Crippen LogP contribution in [0.25, 0.3) is 0 Å². The zero-order valence-corrected chi connectivity index (χ0v) is 11.6. The number of hydrogen-bond donors (Lipinski definition) is 0.